The number of halogens is 1. The van der Waals surface area contributed by atoms with Gasteiger partial charge in [0.05, 0.1) is 0 Å². The van der Waals surface area contributed by atoms with Crippen molar-refractivity contribution in [2.24, 2.45) is 5.73 Å². The van der Waals surface area contributed by atoms with Gasteiger partial charge in [-0.15, -0.1) is 12.4 Å². The highest BCUT2D eigenvalue weighted by Gasteiger charge is 2.35. The normalized spacial score (nSPS) is 15.2. The van der Waals surface area contributed by atoms with Crippen LogP contribution in [0.25, 0.3) is 0 Å². The fraction of sp³-hybridized carbons (Fsp3) is 0.500. The van der Waals surface area contributed by atoms with Crippen LogP contribution >= 0.6 is 12.4 Å². The molecule has 0 aromatic heterocycles. The van der Waals surface area contributed by atoms with Crippen LogP contribution in [0.4, 0.5) is 0 Å². The van der Waals surface area contributed by atoms with Crippen molar-refractivity contribution in [1.82, 2.24) is 0 Å². The van der Waals surface area contributed by atoms with E-state index in [-0.39, 0.29) is 12.4 Å². The molecule has 0 fully saturated rings. The summed E-state index contributed by atoms with van der Waals surface area (Å²) in [5.74, 6) is 0. The molecule has 0 saturated heterocycles. The molecule has 0 bridgehead atoms. The number of rotatable bonds is 7. The molecule has 108 valence electrons. The minimum atomic E-state index is -1.27. The quantitative estimate of drug-likeness (QED) is 0.596. The zero-order chi connectivity index (χ0) is 13.6. The Hall–Kier alpha value is -0.940. The number of aldehydes is 1. The van der Waals surface area contributed by atoms with Crippen molar-refractivity contribution in [3.8, 4) is 0 Å². The van der Waals surface area contributed by atoms with E-state index in [0.717, 1.165) is 19.1 Å². The van der Waals surface area contributed by atoms with Crippen molar-refractivity contribution in [2.45, 2.75) is 38.0 Å². The van der Waals surface area contributed by atoms with Gasteiger partial charge in [0.1, 0.15) is 12.4 Å². The number of aliphatic hydroxyl groups is 1. The highest BCUT2D eigenvalue weighted by molar-refractivity contribution is 5.85. The van der Waals surface area contributed by atoms with Crippen molar-refractivity contribution in [2.75, 3.05) is 7.11 Å². The summed E-state index contributed by atoms with van der Waals surface area (Å²) in [5, 5.41) is 10.2. The van der Waals surface area contributed by atoms with E-state index in [0.29, 0.717) is 17.5 Å². The van der Waals surface area contributed by atoms with E-state index in [2.05, 4.69) is 0 Å². The third-order valence-electron chi connectivity index (χ3n) is 3.14. The van der Waals surface area contributed by atoms with Gasteiger partial charge in [0.25, 0.3) is 0 Å². The lowest BCUT2D eigenvalue weighted by Gasteiger charge is -2.33. The van der Waals surface area contributed by atoms with Crippen molar-refractivity contribution in [3.63, 3.8) is 0 Å². The Kier molecular flexibility index (Phi) is 7.87. The summed E-state index contributed by atoms with van der Waals surface area (Å²) in [7, 11) is 1.46. The summed E-state index contributed by atoms with van der Waals surface area (Å²) < 4.78 is 5.29. The number of hydrogen-bond donors (Lipinski definition) is 2. The summed E-state index contributed by atoms with van der Waals surface area (Å²) in [4.78, 5) is 10.8. The van der Waals surface area contributed by atoms with Crippen LogP contribution < -0.4 is 5.73 Å². The molecular weight excluding hydrogens is 266 g/mol. The molecule has 1 aromatic carbocycles. The van der Waals surface area contributed by atoms with Crippen LogP contribution in [0.5, 0.6) is 0 Å². The van der Waals surface area contributed by atoms with E-state index in [4.69, 9.17) is 10.5 Å². The maximum Gasteiger partial charge on any atom is 0.168 e. The number of carbonyl (C=O) groups excluding carboxylic acids is 1. The molecule has 0 amide bonds. The van der Waals surface area contributed by atoms with Crippen molar-refractivity contribution in [1.29, 1.82) is 0 Å². The summed E-state index contributed by atoms with van der Waals surface area (Å²) in [6, 6.07) is 6.81. The molecule has 1 aromatic rings. The second-order valence-electron chi connectivity index (χ2n) is 4.40. The zero-order valence-electron chi connectivity index (χ0n) is 11.3. The molecule has 0 aliphatic carbocycles. The molecular formula is C14H22ClNO3. The predicted molar refractivity (Wildman–Crippen MR) is 77.5 cm³/mol. The van der Waals surface area contributed by atoms with Crippen molar-refractivity contribution < 1.29 is 14.6 Å². The smallest absolute Gasteiger partial charge is 0.168 e. The fourth-order valence-corrected chi connectivity index (χ4v) is 1.91. The van der Waals surface area contributed by atoms with Gasteiger partial charge in [0.2, 0.25) is 0 Å². The van der Waals surface area contributed by atoms with Gasteiger partial charge in [-0.1, -0.05) is 38.0 Å². The second kappa shape index (κ2) is 8.27. The maximum absolute atomic E-state index is 10.8. The van der Waals surface area contributed by atoms with Crippen molar-refractivity contribution in [3.05, 3.63) is 35.4 Å². The van der Waals surface area contributed by atoms with Crippen LogP contribution in [-0.2, 0) is 10.5 Å². The minimum absolute atomic E-state index is 0. The molecule has 19 heavy (non-hydrogen) atoms. The molecule has 2 atom stereocenters. The first-order chi connectivity index (χ1) is 8.58. The lowest BCUT2D eigenvalue weighted by Crippen LogP contribution is -2.49. The summed E-state index contributed by atoms with van der Waals surface area (Å²) in [5.41, 5.74) is 5.99. The Balaban J connectivity index is 0.00000324. The highest BCUT2D eigenvalue weighted by Crippen LogP contribution is 2.26. The predicted octanol–water partition coefficient (Wildman–Crippen LogP) is 2.23. The molecule has 4 nitrogen and oxygen atoms in total. The second-order valence-corrected chi connectivity index (χ2v) is 4.40. The van der Waals surface area contributed by atoms with Crippen molar-refractivity contribution >= 4 is 18.7 Å². The highest BCUT2D eigenvalue weighted by atomic mass is 35.5. The van der Waals surface area contributed by atoms with E-state index in [1.807, 2.05) is 6.92 Å². The Bertz CT molecular complexity index is 400. The van der Waals surface area contributed by atoms with Gasteiger partial charge in [-0.2, -0.15) is 0 Å². The van der Waals surface area contributed by atoms with E-state index in [1.54, 1.807) is 24.3 Å². The Labute approximate surface area is 120 Å². The zero-order valence-corrected chi connectivity index (χ0v) is 12.2. The average Bonchev–Trinajstić information content (AvgIpc) is 2.43. The van der Waals surface area contributed by atoms with Gasteiger partial charge >= 0.3 is 0 Å². The number of carbonyl (C=O) groups is 1. The first-order valence-corrected chi connectivity index (χ1v) is 6.16. The molecule has 3 N–H and O–H groups in total. The summed E-state index contributed by atoms with van der Waals surface area (Å²) in [6.45, 7) is 2.05. The molecule has 1 rings (SSSR count). The number of nitrogens with two attached hydrogens (primary N) is 1. The van der Waals surface area contributed by atoms with Gasteiger partial charge < -0.3 is 9.84 Å². The third-order valence-corrected chi connectivity index (χ3v) is 3.14. The lowest BCUT2D eigenvalue weighted by atomic mass is 9.93. The number of hydrogen-bond acceptors (Lipinski definition) is 4. The molecule has 0 aliphatic rings. The average molecular weight is 288 g/mol. The standard InChI is InChI=1S/C14H21NO3.ClH/c1-3-4-8-13(17)14(15,18-2)12-7-5-6-11(9-12)10-16;/h5-7,9-10,13,17H,3-4,8,15H2,1-2H3;1H/t13-,14-;/m1./s1. The molecule has 0 spiro atoms. The lowest BCUT2D eigenvalue weighted by molar-refractivity contribution is -0.108. The van der Waals surface area contributed by atoms with Crippen LogP contribution in [0.1, 0.15) is 42.1 Å². The number of unbranched alkanes of at least 4 members (excludes halogenated alkanes) is 1. The number of methoxy groups -OCH3 is 1. The largest absolute Gasteiger partial charge is 0.388 e. The summed E-state index contributed by atoms with van der Waals surface area (Å²) >= 11 is 0. The number of ether oxygens (including phenoxy) is 1. The topological polar surface area (TPSA) is 72.6 Å². The third kappa shape index (κ3) is 4.28. The van der Waals surface area contributed by atoms with Gasteiger partial charge in [0.15, 0.2) is 5.72 Å². The van der Waals surface area contributed by atoms with E-state index >= 15 is 0 Å². The van der Waals surface area contributed by atoms with Crippen LogP contribution in [0, 0.1) is 0 Å². The van der Waals surface area contributed by atoms with Crippen LogP contribution in [0.2, 0.25) is 0 Å². The Morgan fingerprint density at radius 2 is 2.21 bits per heavy atom. The van der Waals surface area contributed by atoms with Crippen LogP contribution in [0.3, 0.4) is 0 Å². The van der Waals surface area contributed by atoms with Gasteiger partial charge in [-0.05, 0) is 12.5 Å². The van der Waals surface area contributed by atoms with E-state index in [9.17, 15) is 9.90 Å². The Morgan fingerprint density at radius 1 is 1.53 bits per heavy atom. The summed E-state index contributed by atoms with van der Waals surface area (Å²) in [6.07, 6.45) is 2.36. The SMILES string of the molecule is CCCC[C@@H](O)[C@](N)(OC)c1cccc(C=O)c1.Cl. The van der Waals surface area contributed by atoms with E-state index < -0.39 is 11.8 Å². The fourth-order valence-electron chi connectivity index (χ4n) is 1.91. The minimum Gasteiger partial charge on any atom is -0.388 e. The molecule has 0 heterocycles. The molecule has 0 radical (unpaired) electrons. The van der Waals surface area contributed by atoms with Crippen LogP contribution in [0.15, 0.2) is 24.3 Å². The molecule has 0 unspecified atom stereocenters. The molecule has 5 heteroatoms. The first kappa shape index (κ1) is 18.1. The van der Waals surface area contributed by atoms with E-state index in [1.165, 1.54) is 7.11 Å². The van der Waals surface area contributed by atoms with Gasteiger partial charge in [-0.3, -0.25) is 10.5 Å². The number of benzene rings is 1. The van der Waals surface area contributed by atoms with Gasteiger partial charge in [-0.25, -0.2) is 0 Å². The van der Waals surface area contributed by atoms with Crippen LogP contribution in [-0.4, -0.2) is 24.6 Å². The first-order valence-electron chi connectivity index (χ1n) is 6.16. The Morgan fingerprint density at radius 3 is 2.74 bits per heavy atom. The van der Waals surface area contributed by atoms with Gasteiger partial charge in [0, 0.05) is 18.2 Å². The maximum atomic E-state index is 10.8. The number of aliphatic hydroxyl groups excluding tert-OH is 1. The molecule has 0 saturated carbocycles. The monoisotopic (exact) mass is 287 g/mol. The molecule has 0 aliphatic heterocycles.